The molecule has 1 rings (SSSR count). The summed E-state index contributed by atoms with van der Waals surface area (Å²) >= 11 is 0. The molecule has 1 heterocycles. The molecule has 3 heteroatoms. The molecule has 3 nitrogen and oxygen atoms in total. The molecule has 0 aliphatic carbocycles. The normalized spacial score (nSPS) is 26.3. The molecule has 0 saturated carbocycles. The highest BCUT2D eigenvalue weighted by molar-refractivity contribution is 4.74. The average molecular weight is 184 g/mol. The van der Waals surface area contributed by atoms with Crippen LogP contribution in [0.2, 0.25) is 0 Å². The van der Waals surface area contributed by atoms with Gasteiger partial charge in [0.05, 0.1) is 0 Å². The quantitative estimate of drug-likeness (QED) is 0.626. The van der Waals surface area contributed by atoms with E-state index < -0.39 is 0 Å². The summed E-state index contributed by atoms with van der Waals surface area (Å²) in [5, 5.41) is 4.44. The lowest BCUT2D eigenvalue weighted by molar-refractivity contribution is 0.222. The second kappa shape index (κ2) is 5.58. The van der Waals surface area contributed by atoms with E-state index in [4.69, 9.17) is 0 Å². The minimum Gasteiger partial charge on any atom is -0.309 e. The zero-order chi connectivity index (χ0) is 9.68. The van der Waals surface area contributed by atoms with Crippen LogP contribution in [0.5, 0.6) is 0 Å². The summed E-state index contributed by atoms with van der Waals surface area (Å²) in [6, 6.07) is 0.744. The number of hydrogen-bond donors (Lipinski definition) is 0. The van der Waals surface area contributed by atoms with Gasteiger partial charge < -0.3 is 9.80 Å². The Morgan fingerprint density at radius 1 is 1.38 bits per heavy atom. The van der Waals surface area contributed by atoms with E-state index >= 15 is 0 Å². The molecule has 1 aliphatic rings. The van der Waals surface area contributed by atoms with Crippen LogP contribution in [0.4, 0.5) is 0 Å². The third kappa shape index (κ3) is 4.07. The number of likely N-dealkylation sites (N-methyl/N-ethyl adjacent to an activating group) is 1. The zero-order valence-electron chi connectivity index (χ0n) is 9.16. The molecule has 1 radical (unpaired) electrons. The summed E-state index contributed by atoms with van der Waals surface area (Å²) in [4.78, 5) is 4.72. The molecule has 0 bridgehead atoms. The van der Waals surface area contributed by atoms with Gasteiger partial charge in [-0.2, -0.15) is 0 Å². The van der Waals surface area contributed by atoms with Crippen LogP contribution in [0.1, 0.15) is 12.8 Å². The van der Waals surface area contributed by atoms with Crippen molar-refractivity contribution >= 4 is 0 Å². The van der Waals surface area contributed by atoms with Gasteiger partial charge >= 0.3 is 0 Å². The van der Waals surface area contributed by atoms with Crippen LogP contribution in [0, 0.1) is 0 Å². The number of rotatable bonds is 3. The smallest absolute Gasteiger partial charge is 0.0261 e. The molecular formula is C10H22N3. The Hall–Kier alpha value is -0.120. The van der Waals surface area contributed by atoms with Crippen LogP contribution in [0.15, 0.2) is 0 Å². The maximum Gasteiger partial charge on any atom is 0.0261 e. The molecule has 0 spiro atoms. The van der Waals surface area contributed by atoms with Gasteiger partial charge in [0.25, 0.3) is 0 Å². The Labute approximate surface area is 82.1 Å². The third-order valence-corrected chi connectivity index (χ3v) is 2.76. The molecule has 77 valence electrons. The molecule has 0 amide bonds. The minimum absolute atomic E-state index is 0.744. The summed E-state index contributed by atoms with van der Waals surface area (Å²) in [5.74, 6) is 0. The van der Waals surface area contributed by atoms with Crippen LogP contribution < -0.4 is 5.32 Å². The van der Waals surface area contributed by atoms with Gasteiger partial charge in [-0.1, -0.05) is 0 Å². The van der Waals surface area contributed by atoms with E-state index in [2.05, 4.69) is 36.3 Å². The second-order valence-corrected chi connectivity index (χ2v) is 4.19. The summed E-state index contributed by atoms with van der Waals surface area (Å²) < 4.78 is 0. The molecule has 1 saturated heterocycles. The molecule has 0 aromatic heterocycles. The van der Waals surface area contributed by atoms with Crippen LogP contribution in [0.3, 0.4) is 0 Å². The van der Waals surface area contributed by atoms with Crippen LogP contribution in [-0.2, 0) is 0 Å². The summed E-state index contributed by atoms with van der Waals surface area (Å²) in [6.45, 7) is 4.41. The van der Waals surface area contributed by atoms with Gasteiger partial charge in [0.15, 0.2) is 0 Å². The first kappa shape index (κ1) is 11.0. The molecule has 0 aromatic rings. The second-order valence-electron chi connectivity index (χ2n) is 4.19. The van der Waals surface area contributed by atoms with Gasteiger partial charge in [0.2, 0.25) is 0 Å². The monoisotopic (exact) mass is 184 g/mol. The first-order chi connectivity index (χ1) is 6.20. The highest BCUT2D eigenvalue weighted by atomic mass is 15.2. The Morgan fingerprint density at radius 3 is 2.85 bits per heavy atom. The van der Waals surface area contributed by atoms with E-state index in [9.17, 15) is 0 Å². The molecule has 1 aliphatic heterocycles. The van der Waals surface area contributed by atoms with Crippen molar-refractivity contribution in [3.8, 4) is 0 Å². The lowest BCUT2D eigenvalue weighted by Crippen LogP contribution is -2.34. The van der Waals surface area contributed by atoms with E-state index in [0.717, 1.165) is 25.7 Å². The van der Waals surface area contributed by atoms with Gasteiger partial charge in [-0.25, -0.2) is 5.32 Å². The van der Waals surface area contributed by atoms with E-state index in [0.29, 0.717) is 0 Å². The fourth-order valence-electron chi connectivity index (χ4n) is 1.76. The van der Waals surface area contributed by atoms with Crippen molar-refractivity contribution in [3.63, 3.8) is 0 Å². The third-order valence-electron chi connectivity index (χ3n) is 2.76. The number of nitrogens with zero attached hydrogens (tertiary/aromatic N) is 3. The molecule has 0 N–H and O–H groups in total. The summed E-state index contributed by atoms with van der Waals surface area (Å²) in [7, 11) is 6.50. The predicted octanol–water partition coefficient (Wildman–Crippen LogP) is 0.247. The van der Waals surface area contributed by atoms with Gasteiger partial charge in [-0.3, -0.25) is 0 Å². The SMILES string of the molecule is CN(C)CCC1CC[N]CCN1C. The van der Waals surface area contributed by atoms with Crippen LogP contribution >= 0.6 is 0 Å². The van der Waals surface area contributed by atoms with Crippen molar-refractivity contribution < 1.29 is 0 Å². The Bertz CT molecular complexity index is 136. The van der Waals surface area contributed by atoms with Crippen LogP contribution in [0.25, 0.3) is 0 Å². The fourth-order valence-corrected chi connectivity index (χ4v) is 1.76. The van der Waals surface area contributed by atoms with Gasteiger partial charge in [-0.05, 0) is 40.5 Å². The van der Waals surface area contributed by atoms with Crippen molar-refractivity contribution in [2.75, 3.05) is 47.3 Å². The largest absolute Gasteiger partial charge is 0.309 e. The maximum atomic E-state index is 4.44. The van der Waals surface area contributed by atoms with E-state index in [1.807, 2.05) is 0 Å². The van der Waals surface area contributed by atoms with Crippen molar-refractivity contribution in [1.29, 1.82) is 0 Å². The number of hydrogen-bond acceptors (Lipinski definition) is 2. The molecule has 1 fully saturated rings. The van der Waals surface area contributed by atoms with Gasteiger partial charge in [-0.15, -0.1) is 0 Å². The van der Waals surface area contributed by atoms with Crippen LogP contribution in [-0.4, -0.2) is 63.2 Å². The summed E-state index contributed by atoms with van der Waals surface area (Å²) in [5.41, 5.74) is 0. The van der Waals surface area contributed by atoms with Gasteiger partial charge in [0.1, 0.15) is 0 Å². The van der Waals surface area contributed by atoms with Crippen molar-refractivity contribution in [2.24, 2.45) is 0 Å². The van der Waals surface area contributed by atoms with Crippen molar-refractivity contribution in [3.05, 3.63) is 0 Å². The van der Waals surface area contributed by atoms with Crippen molar-refractivity contribution in [1.82, 2.24) is 15.1 Å². The molecule has 0 aromatic carbocycles. The zero-order valence-corrected chi connectivity index (χ0v) is 9.16. The standard InChI is InChI=1S/C10H22N3/c1-12(2)8-5-10-4-6-11-7-9-13(10)3/h10H,4-9H2,1-3H3. The van der Waals surface area contributed by atoms with E-state index in [1.54, 1.807) is 0 Å². The van der Waals surface area contributed by atoms with E-state index in [-0.39, 0.29) is 0 Å². The summed E-state index contributed by atoms with van der Waals surface area (Å²) in [6.07, 6.45) is 2.52. The first-order valence-corrected chi connectivity index (χ1v) is 5.18. The molecule has 13 heavy (non-hydrogen) atoms. The molecule has 1 atom stereocenters. The highest BCUT2D eigenvalue weighted by Crippen LogP contribution is 2.09. The Kier molecular flexibility index (Phi) is 4.70. The maximum absolute atomic E-state index is 4.44. The van der Waals surface area contributed by atoms with E-state index in [1.165, 1.54) is 19.4 Å². The lowest BCUT2D eigenvalue weighted by Gasteiger charge is -2.26. The molecule has 1 unspecified atom stereocenters. The Balaban J connectivity index is 2.27. The fraction of sp³-hybridized carbons (Fsp3) is 1.00. The average Bonchev–Trinajstić information content (AvgIpc) is 2.27. The predicted molar refractivity (Wildman–Crippen MR) is 56.1 cm³/mol. The molecular weight excluding hydrogens is 162 g/mol. The van der Waals surface area contributed by atoms with Gasteiger partial charge in [0, 0.05) is 25.7 Å². The minimum atomic E-state index is 0.744. The Morgan fingerprint density at radius 2 is 2.15 bits per heavy atom. The topological polar surface area (TPSA) is 20.6 Å². The first-order valence-electron chi connectivity index (χ1n) is 5.18. The lowest BCUT2D eigenvalue weighted by atomic mass is 10.1. The highest BCUT2D eigenvalue weighted by Gasteiger charge is 2.17. The van der Waals surface area contributed by atoms with Crippen molar-refractivity contribution in [2.45, 2.75) is 18.9 Å².